The average Bonchev–Trinajstić information content (AvgIpc) is 3.19. The molecule has 0 spiro atoms. The summed E-state index contributed by atoms with van der Waals surface area (Å²) in [5.74, 6) is -0.395. The van der Waals surface area contributed by atoms with E-state index in [-0.39, 0.29) is 30.0 Å². The van der Waals surface area contributed by atoms with Gasteiger partial charge in [-0.2, -0.15) is 5.10 Å². The molecule has 2 N–H and O–H groups in total. The monoisotopic (exact) mass is 407 g/mol. The Bertz CT molecular complexity index is 1060. The summed E-state index contributed by atoms with van der Waals surface area (Å²) < 4.78 is 1.47. The Morgan fingerprint density at radius 2 is 1.77 bits per heavy atom. The Kier molecular flexibility index (Phi) is 6.21. The van der Waals surface area contributed by atoms with Crippen LogP contribution < -0.4 is 10.6 Å². The van der Waals surface area contributed by atoms with Gasteiger partial charge in [0.1, 0.15) is 0 Å². The maximum atomic E-state index is 12.5. The summed E-state index contributed by atoms with van der Waals surface area (Å²) in [6, 6.07) is 13.0. The van der Waals surface area contributed by atoms with Crippen molar-refractivity contribution in [2.75, 3.05) is 5.32 Å². The van der Waals surface area contributed by atoms with Crippen molar-refractivity contribution in [3.8, 4) is 5.69 Å². The first-order chi connectivity index (χ1) is 14.3. The third-order valence-corrected chi connectivity index (χ3v) is 4.20. The number of anilines is 1. The number of benzene rings is 2. The minimum atomic E-state index is -0.478. The number of rotatable bonds is 7. The van der Waals surface area contributed by atoms with Crippen molar-refractivity contribution in [3.63, 3.8) is 0 Å². The van der Waals surface area contributed by atoms with Gasteiger partial charge in [-0.25, -0.2) is 4.68 Å². The molecule has 3 aromatic rings. The van der Waals surface area contributed by atoms with Crippen LogP contribution in [0.25, 0.3) is 5.69 Å². The van der Waals surface area contributed by atoms with Crippen molar-refractivity contribution in [1.82, 2.24) is 15.1 Å². The van der Waals surface area contributed by atoms with Gasteiger partial charge in [0.2, 0.25) is 5.91 Å². The molecule has 9 nitrogen and oxygen atoms in total. The van der Waals surface area contributed by atoms with Gasteiger partial charge >= 0.3 is 0 Å². The Morgan fingerprint density at radius 1 is 1.10 bits per heavy atom. The molecular formula is C21H21N5O4. The molecule has 154 valence electrons. The van der Waals surface area contributed by atoms with Crippen LogP contribution in [0.4, 0.5) is 11.4 Å². The quantitative estimate of drug-likeness (QED) is 0.461. The van der Waals surface area contributed by atoms with Crippen LogP contribution in [0.15, 0.2) is 60.9 Å². The van der Waals surface area contributed by atoms with Crippen molar-refractivity contribution in [2.45, 2.75) is 26.3 Å². The molecule has 9 heteroatoms. The largest absolute Gasteiger partial charge is 0.354 e. The summed E-state index contributed by atoms with van der Waals surface area (Å²) in [4.78, 5) is 34.6. The molecule has 1 aromatic heterocycles. The predicted octanol–water partition coefficient (Wildman–Crippen LogP) is 3.10. The number of hydrogen-bond acceptors (Lipinski definition) is 5. The second-order valence-electron chi connectivity index (χ2n) is 7.00. The molecule has 0 unspecified atom stereocenters. The number of non-ortho nitro benzene ring substituents is 1. The number of nitro benzene ring substituents is 1. The molecule has 0 aliphatic heterocycles. The van der Waals surface area contributed by atoms with E-state index in [1.54, 1.807) is 42.6 Å². The van der Waals surface area contributed by atoms with E-state index in [2.05, 4.69) is 15.7 Å². The number of hydrogen-bond donors (Lipinski definition) is 2. The highest BCUT2D eigenvalue weighted by atomic mass is 16.6. The number of amides is 2. The van der Waals surface area contributed by atoms with E-state index in [0.717, 1.165) is 5.56 Å². The molecule has 30 heavy (non-hydrogen) atoms. The minimum absolute atomic E-state index is 0.0194. The van der Waals surface area contributed by atoms with Crippen LogP contribution in [0.2, 0.25) is 0 Å². The number of carbonyl (C=O) groups is 2. The van der Waals surface area contributed by atoms with E-state index in [0.29, 0.717) is 16.9 Å². The molecule has 0 bridgehead atoms. The lowest BCUT2D eigenvalue weighted by Gasteiger charge is -2.09. The number of aromatic nitrogens is 2. The van der Waals surface area contributed by atoms with Crippen molar-refractivity contribution >= 4 is 23.2 Å². The minimum Gasteiger partial charge on any atom is -0.354 e. The molecule has 0 fully saturated rings. The first-order valence-electron chi connectivity index (χ1n) is 9.31. The van der Waals surface area contributed by atoms with Crippen LogP contribution in [-0.2, 0) is 11.2 Å². The predicted molar refractivity (Wildman–Crippen MR) is 112 cm³/mol. The van der Waals surface area contributed by atoms with Gasteiger partial charge in [0.15, 0.2) is 0 Å². The highest BCUT2D eigenvalue weighted by Crippen LogP contribution is 2.16. The second kappa shape index (κ2) is 8.99. The van der Waals surface area contributed by atoms with Crippen molar-refractivity contribution < 1.29 is 14.5 Å². The fourth-order valence-corrected chi connectivity index (χ4v) is 2.78. The summed E-state index contributed by atoms with van der Waals surface area (Å²) in [6.07, 6.45) is 3.23. The van der Waals surface area contributed by atoms with Crippen LogP contribution in [0.1, 0.15) is 29.8 Å². The van der Waals surface area contributed by atoms with Gasteiger partial charge in [-0.15, -0.1) is 0 Å². The first-order valence-corrected chi connectivity index (χ1v) is 9.31. The molecule has 2 aromatic carbocycles. The molecule has 0 saturated carbocycles. The maximum absolute atomic E-state index is 12.5. The van der Waals surface area contributed by atoms with Crippen LogP contribution in [-0.4, -0.2) is 32.6 Å². The molecule has 3 rings (SSSR count). The third-order valence-electron chi connectivity index (χ3n) is 4.20. The van der Waals surface area contributed by atoms with Crippen LogP contribution in [0.3, 0.4) is 0 Å². The molecule has 0 aliphatic carbocycles. The smallest absolute Gasteiger partial charge is 0.269 e. The SMILES string of the molecule is CC(C)NC(=O)Cc1ccc(NC(=O)c2cnn(-c3ccc([N+](=O)[O-])cc3)c2)cc1. The van der Waals surface area contributed by atoms with Crippen LogP contribution >= 0.6 is 0 Å². The van der Waals surface area contributed by atoms with Crippen LogP contribution in [0, 0.1) is 10.1 Å². The van der Waals surface area contributed by atoms with Gasteiger partial charge in [-0.3, -0.25) is 19.7 Å². The van der Waals surface area contributed by atoms with Crippen molar-refractivity contribution in [1.29, 1.82) is 0 Å². The standard InChI is InChI=1S/C21H21N5O4/c1-14(2)23-20(27)11-15-3-5-17(6-4-15)24-21(28)16-12-22-25(13-16)18-7-9-19(10-8-18)26(29)30/h3-10,12-14H,11H2,1-2H3,(H,23,27)(H,24,28). The van der Waals surface area contributed by atoms with Gasteiger partial charge < -0.3 is 10.6 Å². The zero-order valence-corrected chi connectivity index (χ0v) is 16.5. The number of nitrogens with one attached hydrogen (secondary N) is 2. The first kappa shape index (κ1) is 20.7. The summed E-state index contributed by atoms with van der Waals surface area (Å²) in [5.41, 5.74) is 2.36. The van der Waals surface area contributed by atoms with Gasteiger partial charge in [-0.1, -0.05) is 12.1 Å². The zero-order chi connectivity index (χ0) is 21.7. The Labute approximate surface area is 172 Å². The van der Waals surface area contributed by atoms with Gasteiger partial charge in [0.25, 0.3) is 11.6 Å². The lowest BCUT2D eigenvalue weighted by Crippen LogP contribution is -2.31. The number of nitrogens with zero attached hydrogens (tertiary/aromatic N) is 3. The highest BCUT2D eigenvalue weighted by Gasteiger charge is 2.12. The summed E-state index contributed by atoms with van der Waals surface area (Å²) in [7, 11) is 0. The molecule has 0 radical (unpaired) electrons. The Balaban J connectivity index is 1.62. The van der Waals surface area contributed by atoms with E-state index in [1.165, 1.54) is 23.0 Å². The number of carbonyl (C=O) groups excluding carboxylic acids is 2. The molecule has 0 saturated heterocycles. The van der Waals surface area contributed by atoms with Gasteiger partial charge in [0, 0.05) is 30.1 Å². The highest BCUT2D eigenvalue weighted by molar-refractivity contribution is 6.04. The van der Waals surface area contributed by atoms with E-state index in [9.17, 15) is 19.7 Å². The molecule has 0 atom stereocenters. The fourth-order valence-electron chi connectivity index (χ4n) is 2.78. The van der Waals surface area contributed by atoms with E-state index in [4.69, 9.17) is 0 Å². The Morgan fingerprint density at radius 3 is 2.37 bits per heavy atom. The van der Waals surface area contributed by atoms with Crippen LogP contribution in [0.5, 0.6) is 0 Å². The second-order valence-corrected chi connectivity index (χ2v) is 7.00. The molecule has 0 aliphatic rings. The number of nitro groups is 1. The third kappa shape index (κ3) is 5.28. The molecule has 2 amide bonds. The average molecular weight is 407 g/mol. The lowest BCUT2D eigenvalue weighted by atomic mass is 10.1. The summed E-state index contributed by atoms with van der Waals surface area (Å²) >= 11 is 0. The maximum Gasteiger partial charge on any atom is 0.269 e. The molecule has 1 heterocycles. The van der Waals surface area contributed by atoms with Gasteiger partial charge in [0.05, 0.1) is 28.8 Å². The zero-order valence-electron chi connectivity index (χ0n) is 16.5. The van der Waals surface area contributed by atoms with E-state index >= 15 is 0 Å². The lowest BCUT2D eigenvalue weighted by molar-refractivity contribution is -0.384. The fraction of sp³-hybridized carbons (Fsp3) is 0.190. The summed E-state index contributed by atoms with van der Waals surface area (Å²) in [6.45, 7) is 3.81. The molecular weight excluding hydrogens is 386 g/mol. The van der Waals surface area contributed by atoms with Crippen molar-refractivity contribution in [2.24, 2.45) is 0 Å². The van der Waals surface area contributed by atoms with E-state index in [1.807, 2.05) is 13.8 Å². The topological polar surface area (TPSA) is 119 Å². The van der Waals surface area contributed by atoms with Gasteiger partial charge in [-0.05, 0) is 43.7 Å². The summed E-state index contributed by atoms with van der Waals surface area (Å²) in [5, 5.41) is 20.5. The van der Waals surface area contributed by atoms with E-state index < -0.39 is 4.92 Å². The Hall–Kier alpha value is -4.01. The normalized spacial score (nSPS) is 10.6. The van der Waals surface area contributed by atoms with Crippen molar-refractivity contribution in [3.05, 3.63) is 82.2 Å².